The second kappa shape index (κ2) is 18.0. The summed E-state index contributed by atoms with van der Waals surface area (Å²) in [4.78, 5) is 16.3. The third-order valence-corrected chi connectivity index (χ3v) is 6.33. The Kier molecular flexibility index (Phi) is 14.8. The average Bonchev–Trinajstić information content (AvgIpc) is 2.92. The van der Waals surface area contributed by atoms with E-state index in [-0.39, 0.29) is 19.1 Å². The van der Waals surface area contributed by atoms with Crippen molar-refractivity contribution in [2.75, 3.05) is 44.3 Å². The van der Waals surface area contributed by atoms with Gasteiger partial charge in [-0.05, 0) is 63.5 Å². The summed E-state index contributed by atoms with van der Waals surface area (Å²) in [5.41, 5.74) is 0. The third kappa shape index (κ3) is 11.8. The molecule has 2 aliphatic rings. The van der Waals surface area contributed by atoms with Crippen LogP contribution in [-0.4, -0.2) is 59.3 Å². The molecule has 0 amide bonds. The Morgan fingerprint density at radius 3 is 1.73 bits per heavy atom. The summed E-state index contributed by atoms with van der Waals surface area (Å²) in [5.74, 6) is 10.3. The Morgan fingerprint density at radius 2 is 1.24 bits per heavy atom. The first-order chi connectivity index (χ1) is 19.7. The number of ether oxygens (including phenoxy) is 2. The fraction of sp³-hybridized carbons (Fsp3) is 0.600. The molecule has 0 aromatic carbocycles. The number of rotatable bonds is 5. The van der Waals surface area contributed by atoms with Crippen LogP contribution < -0.4 is 19.7 Å². The summed E-state index contributed by atoms with van der Waals surface area (Å²) in [6.07, 6.45) is 4.80. The normalized spacial score (nSPS) is 21.3. The number of aromatic nitrogens is 4. The average molecular weight is 575 g/mol. The van der Waals surface area contributed by atoms with E-state index in [0.717, 1.165) is 31.3 Å². The number of anilines is 1. The lowest BCUT2D eigenvalue weighted by atomic mass is 9.92. The number of nitrogens with one attached hydrogen (secondary N) is 1. The minimum atomic E-state index is -1.23. The van der Waals surface area contributed by atoms with Gasteiger partial charge in [-0.15, -0.1) is 11.8 Å². The standard InChI is InChI=1S/C15H20FN3O.C8H6F2N2O.C7H15N/c1-4-5-6-20-15-13(16)14(17-10-18-15)19-8-11(2)7-12(3)9-19;1-2-3-4-13-8-6(9)7(10)11-5-12-8;1-6-3-7(2)5-8-4-6/h10-12H,6-9H2,1-3H3;5H,4H2,1H3;6-8H,3-5H2,1-2H3. The van der Waals surface area contributed by atoms with Crippen molar-refractivity contribution >= 4 is 5.82 Å². The Labute approximate surface area is 241 Å². The molecule has 2 fully saturated rings. The van der Waals surface area contributed by atoms with E-state index in [0.29, 0.717) is 17.7 Å². The Balaban J connectivity index is 0.000000239. The maximum Gasteiger partial charge on any atom is 0.257 e. The number of halogens is 3. The van der Waals surface area contributed by atoms with Gasteiger partial charge in [0, 0.05) is 13.1 Å². The van der Waals surface area contributed by atoms with Crippen LogP contribution in [0.2, 0.25) is 0 Å². The highest BCUT2D eigenvalue weighted by molar-refractivity contribution is 5.43. The number of piperidine rings is 2. The summed E-state index contributed by atoms with van der Waals surface area (Å²) in [6, 6.07) is 0. The zero-order valence-corrected chi connectivity index (χ0v) is 24.8. The SMILES string of the molecule is CC#CCOc1ncnc(F)c1F.CC#CCOc1ncnc(N2CC(C)CC(C)C2)c1F.CC1CNCC(C)C1. The summed E-state index contributed by atoms with van der Waals surface area (Å²) in [5, 5.41) is 3.38. The van der Waals surface area contributed by atoms with Crippen LogP contribution in [0.5, 0.6) is 11.8 Å². The molecule has 224 valence electrons. The Bertz CT molecular complexity index is 1190. The van der Waals surface area contributed by atoms with Crippen LogP contribution in [0, 0.1) is 64.9 Å². The molecule has 2 aromatic rings. The topological polar surface area (TPSA) is 85.3 Å². The first-order valence-electron chi connectivity index (χ1n) is 13.8. The van der Waals surface area contributed by atoms with E-state index in [1.54, 1.807) is 13.8 Å². The van der Waals surface area contributed by atoms with Crippen molar-refractivity contribution in [1.29, 1.82) is 0 Å². The van der Waals surface area contributed by atoms with E-state index >= 15 is 0 Å². The van der Waals surface area contributed by atoms with Gasteiger partial charge in [-0.3, -0.25) is 0 Å². The van der Waals surface area contributed by atoms with Crippen LogP contribution in [0.15, 0.2) is 12.7 Å². The fourth-order valence-electron chi connectivity index (χ4n) is 4.72. The molecule has 8 nitrogen and oxygen atoms in total. The number of hydrogen-bond acceptors (Lipinski definition) is 8. The van der Waals surface area contributed by atoms with Crippen molar-refractivity contribution in [2.45, 2.75) is 54.4 Å². The first-order valence-corrected chi connectivity index (χ1v) is 13.8. The van der Waals surface area contributed by atoms with Gasteiger partial charge in [0.15, 0.2) is 19.0 Å². The smallest absolute Gasteiger partial charge is 0.257 e. The van der Waals surface area contributed by atoms with Crippen molar-refractivity contribution in [1.82, 2.24) is 25.3 Å². The van der Waals surface area contributed by atoms with E-state index in [1.807, 2.05) is 4.90 Å². The largest absolute Gasteiger partial charge is 0.462 e. The molecule has 4 rings (SSSR count). The fourth-order valence-corrected chi connectivity index (χ4v) is 4.72. The molecule has 2 aliphatic heterocycles. The molecular weight excluding hydrogens is 533 g/mol. The molecule has 4 unspecified atom stereocenters. The lowest BCUT2D eigenvalue weighted by molar-refractivity contribution is 0.317. The van der Waals surface area contributed by atoms with Crippen LogP contribution in [0.25, 0.3) is 0 Å². The molecule has 11 heteroatoms. The van der Waals surface area contributed by atoms with Crippen LogP contribution in [0.3, 0.4) is 0 Å². The van der Waals surface area contributed by atoms with Crippen molar-refractivity contribution in [3.63, 3.8) is 0 Å². The van der Waals surface area contributed by atoms with Gasteiger partial charge in [-0.1, -0.05) is 39.5 Å². The summed E-state index contributed by atoms with van der Waals surface area (Å²) >= 11 is 0. The van der Waals surface area contributed by atoms with Gasteiger partial charge in [0.1, 0.15) is 12.7 Å². The second-order valence-corrected chi connectivity index (χ2v) is 10.5. The molecular formula is C30H41F3N6O2. The molecule has 41 heavy (non-hydrogen) atoms. The van der Waals surface area contributed by atoms with E-state index in [4.69, 9.17) is 9.47 Å². The van der Waals surface area contributed by atoms with Gasteiger partial charge >= 0.3 is 0 Å². The Morgan fingerprint density at radius 1 is 0.756 bits per heavy atom. The molecule has 4 atom stereocenters. The van der Waals surface area contributed by atoms with E-state index < -0.39 is 23.5 Å². The predicted molar refractivity (Wildman–Crippen MR) is 153 cm³/mol. The van der Waals surface area contributed by atoms with Gasteiger partial charge in [0.25, 0.3) is 17.7 Å². The van der Waals surface area contributed by atoms with E-state index in [2.05, 4.69) is 76.6 Å². The molecule has 0 aliphatic carbocycles. The van der Waals surface area contributed by atoms with Crippen LogP contribution in [0.1, 0.15) is 54.4 Å². The van der Waals surface area contributed by atoms with Gasteiger partial charge in [-0.2, -0.15) is 23.1 Å². The maximum atomic E-state index is 14.4. The molecule has 0 radical (unpaired) electrons. The van der Waals surface area contributed by atoms with Crippen LogP contribution in [0.4, 0.5) is 19.0 Å². The quantitative estimate of drug-likeness (QED) is 0.399. The minimum Gasteiger partial charge on any atom is -0.462 e. The summed E-state index contributed by atoms with van der Waals surface area (Å²) in [7, 11) is 0. The molecule has 0 spiro atoms. The lowest BCUT2D eigenvalue weighted by Crippen LogP contribution is -2.39. The zero-order valence-electron chi connectivity index (χ0n) is 24.8. The summed E-state index contributed by atoms with van der Waals surface area (Å²) < 4.78 is 49.6. The minimum absolute atomic E-state index is 0.0239. The van der Waals surface area contributed by atoms with E-state index in [9.17, 15) is 13.2 Å². The van der Waals surface area contributed by atoms with Gasteiger partial charge in [0.05, 0.1) is 0 Å². The molecule has 1 N–H and O–H groups in total. The molecule has 4 heterocycles. The third-order valence-electron chi connectivity index (χ3n) is 6.33. The molecule has 0 bridgehead atoms. The monoisotopic (exact) mass is 574 g/mol. The molecule has 2 saturated heterocycles. The van der Waals surface area contributed by atoms with Gasteiger partial charge in [-0.25, -0.2) is 9.97 Å². The second-order valence-electron chi connectivity index (χ2n) is 10.5. The van der Waals surface area contributed by atoms with Crippen molar-refractivity contribution in [2.24, 2.45) is 23.7 Å². The van der Waals surface area contributed by atoms with Crippen molar-refractivity contribution in [3.8, 4) is 35.4 Å². The summed E-state index contributed by atoms with van der Waals surface area (Å²) in [6.45, 7) is 16.5. The molecule has 2 aromatic heterocycles. The van der Waals surface area contributed by atoms with Gasteiger partial charge in [0.2, 0.25) is 11.6 Å². The van der Waals surface area contributed by atoms with Crippen LogP contribution in [-0.2, 0) is 0 Å². The maximum absolute atomic E-state index is 14.4. The zero-order chi connectivity index (χ0) is 30.2. The van der Waals surface area contributed by atoms with Crippen molar-refractivity contribution in [3.05, 3.63) is 30.2 Å². The highest BCUT2D eigenvalue weighted by atomic mass is 19.2. The predicted octanol–water partition coefficient (Wildman–Crippen LogP) is 4.91. The first kappa shape index (κ1) is 33.6. The van der Waals surface area contributed by atoms with Crippen molar-refractivity contribution < 1.29 is 22.6 Å². The number of hydrogen-bond donors (Lipinski definition) is 1. The highest BCUT2D eigenvalue weighted by Gasteiger charge is 2.26. The van der Waals surface area contributed by atoms with E-state index in [1.165, 1.54) is 32.3 Å². The number of nitrogens with zero attached hydrogens (tertiary/aromatic N) is 5. The highest BCUT2D eigenvalue weighted by Crippen LogP contribution is 2.29. The Hall–Kier alpha value is -3.57. The van der Waals surface area contributed by atoms with Crippen LogP contribution >= 0.6 is 0 Å². The molecule has 0 saturated carbocycles. The van der Waals surface area contributed by atoms with Gasteiger partial charge < -0.3 is 19.7 Å². The lowest BCUT2D eigenvalue weighted by Gasteiger charge is -2.35.